The molecule has 3 heteroatoms. The van der Waals surface area contributed by atoms with E-state index in [4.69, 9.17) is 4.99 Å². The summed E-state index contributed by atoms with van der Waals surface area (Å²) < 4.78 is 0. The summed E-state index contributed by atoms with van der Waals surface area (Å²) in [5.74, 6) is 0.643. The Kier molecular flexibility index (Phi) is 4.39. The Bertz CT molecular complexity index is 821. The van der Waals surface area contributed by atoms with Crippen molar-refractivity contribution in [2.45, 2.75) is 50.5 Å². The fourth-order valence-corrected chi connectivity index (χ4v) is 5.73. The van der Waals surface area contributed by atoms with Crippen LogP contribution in [0.15, 0.2) is 59.6 Å². The quantitative estimate of drug-likeness (QED) is 0.746. The van der Waals surface area contributed by atoms with Crippen molar-refractivity contribution >= 4 is 22.8 Å². The SMILES string of the molecule is c1ccc(NCCN2c3ccccc3N=C3CCCC3C23CCCC3)cc1. The Morgan fingerprint density at radius 3 is 2.59 bits per heavy atom. The molecule has 2 saturated carbocycles. The first-order chi connectivity index (χ1) is 13.4. The van der Waals surface area contributed by atoms with Crippen LogP contribution in [0.25, 0.3) is 0 Å². The second-order valence-electron chi connectivity index (χ2n) is 8.29. The summed E-state index contributed by atoms with van der Waals surface area (Å²) in [5, 5.41) is 3.63. The van der Waals surface area contributed by atoms with Crippen molar-refractivity contribution in [1.82, 2.24) is 0 Å². The molecule has 2 aromatic rings. The number of rotatable bonds is 4. The summed E-state index contributed by atoms with van der Waals surface area (Å²) in [6.45, 7) is 1.99. The van der Waals surface area contributed by atoms with Crippen molar-refractivity contribution in [2.24, 2.45) is 10.9 Å². The van der Waals surface area contributed by atoms with Gasteiger partial charge in [0.05, 0.1) is 11.4 Å². The Morgan fingerprint density at radius 1 is 0.963 bits per heavy atom. The van der Waals surface area contributed by atoms with E-state index in [1.165, 1.54) is 67.7 Å². The second kappa shape index (κ2) is 7.03. The van der Waals surface area contributed by atoms with Crippen molar-refractivity contribution in [1.29, 1.82) is 0 Å². The van der Waals surface area contributed by atoms with Crippen LogP contribution in [0.2, 0.25) is 0 Å². The standard InChI is InChI=1S/C24H29N3/c1-2-9-19(10-3-1)25-17-18-27-23-14-5-4-12-22(23)26-21-13-8-11-20(21)24(27)15-6-7-16-24/h1-5,9-10,12,14,20,25H,6-8,11,13,15-18H2. The molecule has 1 N–H and O–H groups in total. The van der Waals surface area contributed by atoms with Crippen LogP contribution in [-0.4, -0.2) is 24.3 Å². The molecule has 1 spiro atoms. The van der Waals surface area contributed by atoms with Gasteiger partial charge in [-0.25, -0.2) is 0 Å². The molecule has 0 amide bonds. The van der Waals surface area contributed by atoms with Gasteiger partial charge in [-0.2, -0.15) is 0 Å². The topological polar surface area (TPSA) is 27.6 Å². The highest BCUT2D eigenvalue weighted by atomic mass is 15.2. The molecule has 3 aliphatic rings. The Hall–Kier alpha value is -2.29. The van der Waals surface area contributed by atoms with Crippen LogP contribution in [0.3, 0.4) is 0 Å². The molecule has 1 atom stereocenters. The minimum atomic E-state index is 0.278. The van der Waals surface area contributed by atoms with Crippen LogP contribution in [-0.2, 0) is 0 Å². The molecule has 0 aromatic heterocycles. The molecule has 0 saturated heterocycles. The van der Waals surface area contributed by atoms with Gasteiger partial charge in [-0.3, -0.25) is 4.99 Å². The van der Waals surface area contributed by atoms with Crippen molar-refractivity contribution in [3.05, 3.63) is 54.6 Å². The van der Waals surface area contributed by atoms with Gasteiger partial charge in [0.15, 0.2) is 0 Å². The number of nitrogens with one attached hydrogen (secondary N) is 1. The largest absolute Gasteiger partial charge is 0.383 e. The molecule has 1 unspecified atom stereocenters. The first kappa shape index (κ1) is 16.9. The number of hydrogen-bond donors (Lipinski definition) is 1. The predicted octanol–water partition coefficient (Wildman–Crippen LogP) is 5.80. The molecule has 1 aliphatic heterocycles. The summed E-state index contributed by atoms with van der Waals surface area (Å²) in [5.41, 5.74) is 5.49. The lowest BCUT2D eigenvalue weighted by Gasteiger charge is -2.46. The van der Waals surface area contributed by atoms with E-state index in [9.17, 15) is 0 Å². The number of nitrogens with zero attached hydrogens (tertiary/aromatic N) is 2. The first-order valence-corrected chi connectivity index (χ1v) is 10.6. The summed E-state index contributed by atoms with van der Waals surface area (Å²) in [4.78, 5) is 7.94. The van der Waals surface area contributed by atoms with Crippen molar-refractivity contribution in [2.75, 3.05) is 23.3 Å². The van der Waals surface area contributed by atoms with Crippen LogP contribution < -0.4 is 10.2 Å². The summed E-state index contributed by atoms with van der Waals surface area (Å²) in [7, 11) is 0. The highest BCUT2D eigenvalue weighted by Crippen LogP contribution is 2.52. The van der Waals surface area contributed by atoms with E-state index in [1.807, 2.05) is 0 Å². The van der Waals surface area contributed by atoms with E-state index in [0.29, 0.717) is 5.92 Å². The van der Waals surface area contributed by atoms with Gasteiger partial charge in [0.1, 0.15) is 0 Å². The number of aliphatic imine (C=N–C) groups is 1. The maximum Gasteiger partial charge on any atom is 0.0862 e. The van der Waals surface area contributed by atoms with Crippen LogP contribution in [0, 0.1) is 5.92 Å². The predicted molar refractivity (Wildman–Crippen MR) is 114 cm³/mol. The lowest BCUT2D eigenvalue weighted by Crippen LogP contribution is -2.54. The fraction of sp³-hybridized carbons (Fsp3) is 0.458. The first-order valence-electron chi connectivity index (χ1n) is 10.6. The van der Waals surface area contributed by atoms with Crippen molar-refractivity contribution in [3.8, 4) is 0 Å². The minimum absolute atomic E-state index is 0.278. The summed E-state index contributed by atoms with van der Waals surface area (Å²) >= 11 is 0. The Morgan fingerprint density at radius 2 is 1.74 bits per heavy atom. The van der Waals surface area contributed by atoms with E-state index in [1.54, 1.807) is 0 Å². The fourth-order valence-electron chi connectivity index (χ4n) is 5.73. The number of para-hydroxylation sites is 3. The van der Waals surface area contributed by atoms with Gasteiger partial charge in [-0.1, -0.05) is 43.2 Å². The number of fused-ring (bicyclic) bond motifs is 3. The van der Waals surface area contributed by atoms with Gasteiger partial charge in [0, 0.05) is 35.9 Å². The van der Waals surface area contributed by atoms with Gasteiger partial charge >= 0.3 is 0 Å². The molecule has 2 aliphatic carbocycles. The van der Waals surface area contributed by atoms with Crippen LogP contribution >= 0.6 is 0 Å². The van der Waals surface area contributed by atoms with Crippen LogP contribution in [0.5, 0.6) is 0 Å². The molecule has 2 aromatic carbocycles. The molecule has 0 radical (unpaired) electrons. The average Bonchev–Trinajstić information content (AvgIpc) is 3.35. The highest BCUT2D eigenvalue weighted by molar-refractivity contribution is 5.95. The monoisotopic (exact) mass is 359 g/mol. The summed E-state index contributed by atoms with van der Waals surface area (Å²) in [6.07, 6.45) is 9.16. The minimum Gasteiger partial charge on any atom is -0.383 e. The smallest absolute Gasteiger partial charge is 0.0862 e. The zero-order valence-corrected chi connectivity index (χ0v) is 16.0. The number of anilines is 2. The molecule has 3 nitrogen and oxygen atoms in total. The molecular formula is C24H29N3. The zero-order valence-electron chi connectivity index (χ0n) is 16.0. The van der Waals surface area contributed by atoms with Gasteiger partial charge in [-0.05, 0) is 56.4 Å². The van der Waals surface area contributed by atoms with Gasteiger partial charge in [0.2, 0.25) is 0 Å². The van der Waals surface area contributed by atoms with Crippen LogP contribution in [0.4, 0.5) is 17.1 Å². The third-order valence-corrected chi connectivity index (χ3v) is 6.86. The van der Waals surface area contributed by atoms with Gasteiger partial charge in [-0.15, -0.1) is 0 Å². The molecular weight excluding hydrogens is 330 g/mol. The molecule has 1 heterocycles. The normalized spacial score (nSPS) is 22.9. The van der Waals surface area contributed by atoms with E-state index < -0.39 is 0 Å². The maximum absolute atomic E-state index is 5.19. The van der Waals surface area contributed by atoms with Gasteiger partial charge in [0.25, 0.3) is 0 Å². The molecule has 27 heavy (non-hydrogen) atoms. The van der Waals surface area contributed by atoms with Crippen molar-refractivity contribution < 1.29 is 0 Å². The maximum atomic E-state index is 5.19. The van der Waals surface area contributed by atoms with E-state index >= 15 is 0 Å². The zero-order chi connectivity index (χ0) is 18.1. The number of hydrogen-bond acceptors (Lipinski definition) is 3. The number of benzene rings is 2. The highest BCUT2D eigenvalue weighted by Gasteiger charge is 2.50. The Labute approximate surface area is 162 Å². The lowest BCUT2D eigenvalue weighted by atomic mass is 9.78. The van der Waals surface area contributed by atoms with Gasteiger partial charge < -0.3 is 10.2 Å². The van der Waals surface area contributed by atoms with E-state index in [2.05, 4.69) is 64.8 Å². The molecule has 2 fully saturated rings. The molecule has 0 bridgehead atoms. The van der Waals surface area contributed by atoms with E-state index in [0.717, 1.165) is 13.1 Å². The molecule has 5 rings (SSSR count). The third-order valence-electron chi connectivity index (χ3n) is 6.86. The Balaban J connectivity index is 1.49. The lowest BCUT2D eigenvalue weighted by molar-refractivity contribution is 0.316. The van der Waals surface area contributed by atoms with Crippen LogP contribution in [0.1, 0.15) is 44.9 Å². The molecule has 140 valence electrons. The summed E-state index contributed by atoms with van der Waals surface area (Å²) in [6, 6.07) is 19.4. The third kappa shape index (κ3) is 2.93. The average molecular weight is 360 g/mol. The second-order valence-corrected chi connectivity index (χ2v) is 8.29. The van der Waals surface area contributed by atoms with E-state index in [-0.39, 0.29) is 5.54 Å². The van der Waals surface area contributed by atoms with Crippen molar-refractivity contribution in [3.63, 3.8) is 0 Å².